The number of hydrogen-bond acceptors (Lipinski definition) is 3. The predicted octanol–water partition coefficient (Wildman–Crippen LogP) is 1.31. The van der Waals surface area contributed by atoms with Gasteiger partial charge in [0.05, 0.1) is 12.5 Å². The van der Waals surface area contributed by atoms with Crippen molar-refractivity contribution in [3.63, 3.8) is 0 Å². The number of urea groups is 1. The zero-order valence-corrected chi connectivity index (χ0v) is 11.9. The first-order chi connectivity index (χ1) is 8.91. The molecule has 0 aromatic carbocycles. The second kappa shape index (κ2) is 7.33. The van der Waals surface area contributed by atoms with Crippen molar-refractivity contribution in [1.29, 1.82) is 0 Å². The zero-order chi connectivity index (χ0) is 14.4. The summed E-state index contributed by atoms with van der Waals surface area (Å²) < 4.78 is 5.44. The van der Waals surface area contributed by atoms with Gasteiger partial charge >= 0.3 is 12.0 Å². The number of hydrogen-bond donors (Lipinski definition) is 2. The van der Waals surface area contributed by atoms with Crippen molar-refractivity contribution >= 4 is 12.0 Å². The van der Waals surface area contributed by atoms with E-state index in [0.29, 0.717) is 12.5 Å². The second-order valence-electron chi connectivity index (χ2n) is 5.24. The van der Waals surface area contributed by atoms with E-state index in [1.807, 2.05) is 20.8 Å². The van der Waals surface area contributed by atoms with Crippen LogP contribution in [0, 0.1) is 5.92 Å². The molecule has 0 aliphatic carbocycles. The number of nitrogens with one attached hydrogen (secondary N) is 1. The summed E-state index contributed by atoms with van der Waals surface area (Å²) in [6.07, 6.45) is 1.10. The Morgan fingerprint density at radius 1 is 1.47 bits per heavy atom. The van der Waals surface area contributed by atoms with E-state index >= 15 is 0 Å². The Labute approximate surface area is 114 Å². The molecule has 0 spiro atoms. The third-order valence-electron chi connectivity index (χ3n) is 3.50. The van der Waals surface area contributed by atoms with E-state index in [4.69, 9.17) is 9.84 Å². The van der Waals surface area contributed by atoms with Gasteiger partial charge in [-0.2, -0.15) is 0 Å². The van der Waals surface area contributed by atoms with Crippen molar-refractivity contribution in [2.75, 3.05) is 19.7 Å². The summed E-state index contributed by atoms with van der Waals surface area (Å²) in [5, 5.41) is 11.6. The lowest BCUT2D eigenvalue weighted by molar-refractivity contribution is -0.137. The van der Waals surface area contributed by atoms with Gasteiger partial charge < -0.3 is 20.1 Å². The smallest absolute Gasteiger partial charge is 0.317 e. The van der Waals surface area contributed by atoms with Crippen LogP contribution in [0.5, 0.6) is 0 Å². The lowest BCUT2D eigenvalue weighted by Crippen LogP contribution is -2.46. The van der Waals surface area contributed by atoms with Crippen LogP contribution in [-0.4, -0.2) is 53.8 Å². The van der Waals surface area contributed by atoms with Gasteiger partial charge in [0.2, 0.25) is 0 Å². The molecule has 0 saturated carbocycles. The normalized spacial score (nSPS) is 22.5. The summed E-state index contributed by atoms with van der Waals surface area (Å²) in [4.78, 5) is 24.2. The average molecular weight is 272 g/mol. The van der Waals surface area contributed by atoms with Gasteiger partial charge in [0.25, 0.3) is 0 Å². The van der Waals surface area contributed by atoms with E-state index in [1.165, 1.54) is 0 Å². The van der Waals surface area contributed by atoms with Crippen LogP contribution in [0.4, 0.5) is 4.79 Å². The number of ether oxygens (including phenoxy) is 1. The van der Waals surface area contributed by atoms with Crippen LogP contribution in [0.1, 0.15) is 33.6 Å². The summed E-state index contributed by atoms with van der Waals surface area (Å²) in [6, 6.07) is -0.216. The van der Waals surface area contributed by atoms with E-state index in [-0.39, 0.29) is 31.1 Å². The number of carboxylic acids is 1. The highest BCUT2D eigenvalue weighted by Gasteiger charge is 2.25. The fourth-order valence-electron chi connectivity index (χ4n) is 2.17. The Hall–Kier alpha value is -1.30. The molecule has 2 amide bonds. The summed E-state index contributed by atoms with van der Waals surface area (Å²) in [5.41, 5.74) is 0. The van der Waals surface area contributed by atoms with Crippen molar-refractivity contribution in [3.05, 3.63) is 0 Å². The number of carbonyl (C=O) groups is 2. The molecule has 1 aliphatic heterocycles. The van der Waals surface area contributed by atoms with Crippen LogP contribution in [-0.2, 0) is 9.53 Å². The molecular formula is C13H24N2O4. The number of rotatable bonds is 6. The van der Waals surface area contributed by atoms with Crippen LogP contribution in [0.15, 0.2) is 0 Å². The number of amides is 2. The Balaban J connectivity index is 2.40. The maximum Gasteiger partial charge on any atom is 0.317 e. The monoisotopic (exact) mass is 272 g/mol. The van der Waals surface area contributed by atoms with Gasteiger partial charge in [-0.15, -0.1) is 0 Å². The van der Waals surface area contributed by atoms with Crippen LogP contribution in [0.3, 0.4) is 0 Å². The molecule has 1 aliphatic rings. The summed E-state index contributed by atoms with van der Waals surface area (Å²) in [6.45, 7) is 7.32. The minimum atomic E-state index is -0.892. The standard InChI is InChI=1S/C13H24N2O4/c1-9(2)15(6-4-12(16)17)13(18)14-8-11-5-7-19-10(11)3/h9-11H,4-8H2,1-3H3,(H,14,18)(H,16,17). The highest BCUT2D eigenvalue weighted by molar-refractivity contribution is 5.75. The van der Waals surface area contributed by atoms with Gasteiger partial charge in [-0.3, -0.25) is 4.79 Å². The first kappa shape index (κ1) is 15.8. The Kier molecular flexibility index (Phi) is 6.08. The van der Waals surface area contributed by atoms with Crippen molar-refractivity contribution in [1.82, 2.24) is 10.2 Å². The average Bonchev–Trinajstić information content (AvgIpc) is 2.71. The first-order valence-electron chi connectivity index (χ1n) is 6.79. The SMILES string of the molecule is CC1OCCC1CNC(=O)N(CCC(=O)O)C(C)C. The molecule has 0 aromatic heterocycles. The van der Waals surface area contributed by atoms with E-state index in [1.54, 1.807) is 4.90 Å². The van der Waals surface area contributed by atoms with Crippen LogP contribution in [0.25, 0.3) is 0 Å². The van der Waals surface area contributed by atoms with E-state index in [9.17, 15) is 9.59 Å². The van der Waals surface area contributed by atoms with Crippen molar-refractivity contribution in [2.45, 2.75) is 45.8 Å². The molecule has 6 heteroatoms. The fourth-order valence-corrected chi connectivity index (χ4v) is 2.17. The number of carboxylic acid groups (broad SMARTS) is 1. The minimum Gasteiger partial charge on any atom is -0.481 e. The number of carbonyl (C=O) groups excluding carboxylic acids is 1. The molecule has 1 saturated heterocycles. The maximum absolute atomic E-state index is 12.0. The number of nitrogens with zero attached hydrogens (tertiary/aromatic N) is 1. The summed E-state index contributed by atoms with van der Waals surface area (Å²) in [5.74, 6) is -0.547. The van der Waals surface area contributed by atoms with Gasteiger partial charge in [0.15, 0.2) is 0 Å². The Morgan fingerprint density at radius 2 is 2.16 bits per heavy atom. The van der Waals surface area contributed by atoms with Gasteiger partial charge in [-0.25, -0.2) is 4.79 Å². The molecule has 1 fully saturated rings. The van der Waals surface area contributed by atoms with Gasteiger partial charge in [0.1, 0.15) is 0 Å². The summed E-state index contributed by atoms with van der Waals surface area (Å²) >= 11 is 0. The second-order valence-corrected chi connectivity index (χ2v) is 5.24. The molecule has 0 aromatic rings. The summed E-state index contributed by atoms with van der Waals surface area (Å²) in [7, 11) is 0. The molecule has 2 N–H and O–H groups in total. The quantitative estimate of drug-likeness (QED) is 0.764. The molecule has 1 rings (SSSR count). The Morgan fingerprint density at radius 3 is 2.63 bits per heavy atom. The van der Waals surface area contributed by atoms with Crippen molar-refractivity contribution in [3.8, 4) is 0 Å². The first-order valence-corrected chi connectivity index (χ1v) is 6.79. The molecule has 0 radical (unpaired) electrons. The third kappa shape index (κ3) is 5.06. The maximum atomic E-state index is 12.0. The fraction of sp³-hybridized carbons (Fsp3) is 0.846. The highest BCUT2D eigenvalue weighted by atomic mass is 16.5. The molecule has 110 valence electrons. The molecule has 2 atom stereocenters. The van der Waals surface area contributed by atoms with Gasteiger partial charge in [0, 0.05) is 31.7 Å². The molecule has 2 unspecified atom stereocenters. The predicted molar refractivity (Wildman–Crippen MR) is 71.0 cm³/mol. The lowest BCUT2D eigenvalue weighted by Gasteiger charge is -2.27. The van der Waals surface area contributed by atoms with Gasteiger partial charge in [-0.05, 0) is 27.2 Å². The molecular weight excluding hydrogens is 248 g/mol. The number of aliphatic carboxylic acids is 1. The minimum absolute atomic E-state index is 0.0170. The van der Waals surface area contributed by atoms with Crippen molar-refractivity contribution < 1.29 is 19.4 Å². The topological polar surface area (TPSA) is 78.9 Å². The van der Waals surface area contributed by atoms with E-state index in [0.717, 1.165) is 13.0 Å². The Bertz CT molecular complexity index is 320. The third-order valence-corrected chi connectivity index (χ3v) is 3.50. The zero-order valence-electron chi connectivity index (χ0n) is 11.9. The largest absolute Gasteiger partial charge is 0.481 e. The molecule has 6 nitrogen and oxygen atoms in total. The molecule has 1 heterocycles. The molecule has 19 heavy (non-hydrogen) atoms. The van der Waals surface area contributed by atoms with Crippen LogP contribution < -0.4 is 5.32 Å². The van der Waals surface area contributed by atoms with Crippen LogP contribution in [0.2, 0.25) is 0 Å². The molecule has 0 bridgehead atoms. The van der Waals surface area contributed by atoms with E-state index in [2.05, 4.69) is 5.32 Å². The lowest BCUT2D eigenvalue weighted by atomic mass is 10.0. The van der Waals surface area contributed by atoms with E-state index < -0.39 is 5.97 Å². The van der Waals surface area contributed by atoms with Crippen LogP contribution >= 0.6 is 0 Å². The van der Waals surface area contributed by atoms with Crippen molar-refractivity contribution in [2.24, 2.45) is 5.92 Å². The van der Waals surface area contributed by atoms with Gasteiger partial charge in [-0.1, -0.05) is 0 Å². The highest BCUT2D eigenvalue weighted by Crippen LogP contribution is 2.19.